The number of hydrogen-bond acceptors (Lipinski definition) is 10. The second-order valence-corrected chi connectivity index (χ2v) is 8.14. The molecule has 0 fully saturated rings. The van der Waals surface area contributed by atoms with Crippen molar-refractivity contribution in [3.8, 4) is 23.0 Å². The monoisotopic (exact) mass is 548 g/mol. The van der Waals surface area contributed by atoms with Crippen LogP contribution < -0.4 is 18.9 Å². The number of hydrogen-bond donors (Lipinski definition) is 0. The van der Waals surface area contributed by atoms with Crippen molar-refractivity contribution in [3.63, 3.8) is 0 Å². The van der Waals surface area contributed by atoms with Crippen LogP contribution in [0.5, 0.6) is 23.0 Å². The molecule has 2 rings (SSSR count). The normalized spacial score (nSPS) is 11.4. The van der Waals surface area contributed by atoms with E-state index >= 15 is 0 Å². The lowest BCUT2D eigenvalue weighted by atomic mass is 10.2. The van der Waals surface area contributed by atoms with E-state index in [0.717, 1.165) is 0 Å². The van der Waals surface area contributed by atoms with Gasteiger partial charge < -0.3 is 28.4 Å². The van der Waals surface area contributed by atoms with Crippen molar-refractivity contribution in [1.29, 1.82) is 0 Å². The van der Waals surface area contributed by atoms with Gasteiger partial charge in [0.2, 0.25) is 11.8 Å². The molecule has 0 aliphatic carbocycles. The molecule has 0 heterocycles. The van der Waals surface area contributed by atoms with Gasteiger partial charge in [-0.25, -0.2) is 0 Å². The van der Waals surface area contributed by atoms with Crippen LogP contribution in [0.1, 0.15) is 17.5 Å². The highest BCUT2D eigenvalue weighted by atomic mass is 32.1. The first kappa shape index (κ1) is 29.6. The van der Waals surface area contributed by atoms with Crippen molar-refractivity contribution >= 4 is 46.2 Å². The molecule has 0 radical (unpaired) electrons. The first-order chi connectivity index (χ1) is 17.7. The van der Waals surface area contributed by atoms with Crippen LogP contribution in [0.15, 0.2) is 46.6 Å². The number of hydrazone groups is 2. The quantitative estimate of drug-likeness (QED) is 0.188. The van der Waals surface area contributed by atoms with Gasteiger partial charge in [-0.15, -0.1) is 10.2 Å². The Balaban J connectivity index is 2.27. The third-order valence-electron chi connectivity index (χ3n) is 5.16. The van der Waals surface area contributed by atoms with Crippen molar-refractivity contribution in [3.05, 3.63) is 47.5 Å². The van der Waals surface area contributed by atoms with Gasteiger partial charge in [-0.1, -0.05) is 24.4 Å². The summed E-state index contributed by atoms with van der Waals surface area (Å²) in [4.78, 5) is 0.814. The summed E-state index contributed by atoms with van der Waals surface area (Å²) in [6, 6.07) is 10.7. The molecule has 10 nitrogen and oxygen atoms in total. The lowest BCUT2D eigenvalue weighted by Crippen LogP contribution is -2.26. The Hall–Kier alpha value is -3.64. The summed E-state index contributed by atoms with van der Waals surface area (Å²) < 4.78 is 32.5. The van der Waals surface area contributed by atoms with Crippen LogP contribution >= 0.6 is 24.4 Å². The molecule has 2 aromatic carbocycles. The molecule has 0 N–H and O–H groups in total. The fraction of sp³-hybridized carbons (Fsp3) is 0.360. The number of thiocarbonyl (C=S) groups is 2. The molecular weight excluding hydrogens is 516 g/mol. The predicted molar refractivity (Wildman–Crippen MR) is 152 cm³/mol. The fourth-order valence-corrected chi connectivity index (χ4v) is 3.56. The van der Waals surface area contributed by atoms with Gasteiger partial charge in [0.15, 0.2) is 0 Å². The van der Waals surface area contributed by atoms with Crippen LogP contribution in [0.2, 0.25) is 0 Å². The maximum absolute atomic E-state index is 5.63. The van der Waals surface area contributed by atoms with Gasteiger partial charge in [-0.2, -0.15) is 0 Å². The average molecular weight is 549 g/mol. The first-order valence-electron chi connectivity index (χ1n) is 11.0. The summed E-state index contributed by atoms with van der Waals surface area (Å²) >= 11 is 11.3. The molecule has 12 heteroatoms. The molecule has 0 saturated carbocycles. The highest BCUT2D eigenvalue weighted by molar-refractivity contribution is 7.81. The Morgan fingerprint density at radius 2 is 1.03 bits per heavy atom. The Morgan fingerprint density at radius 1 is 0.649 bits per heavy atom. The van der Waals surface area contributed by atoms with Crippen molar-refractivity contribution in [2.45, 2.75) is 6.42 Å². The van der Waals surface area contributed by atoms with Crippen molar-refractivity contribution in [2.24, 2.45) is 10.2 Å². The van der Waals surface area contributed by atoms with E-state index in [-0.39, 0.29) is 6.42 Å². The number of methoxy groups -OCH3 is 6. The summed E-state index contributed by atoms with van der Waals surface area (Å²) in [5.41, 5.74) is 1.30. The van der Waals surface area contributed by atoms with Gasteiger partial charge in [0.25, 0.3) is 0 Å². The minimum absolute atomic E-state index is 0.136. The van der Waals surface area contributed by atoms with Crippen LogP contribution in [-0.4, -0.2) is 88.5 Å². The number of benzene rings is 2. The zero-order chi connectivity index (χ0) is 27.5. The smallest absolute Gasteiger partial charge is 0.215 e. The molecule has 0 spiro atoms. The van der Waals surface area contributed by atoms with E-state index in [9.17, 15) is 0 Å². The highest BCUT2D eigenvalue weighted by Crippen LogP contribution is 2.27. The zero-order valence-electron chi connectivity index (χ0n) is 22.2. The number of rotatable bonds is 10. The Bertz CT molecular complexity index is 1080. The van der Waals surface area contributed by atoms with Gasteiger partial charge in [-0.3, -0.25) is 10.0 Å². The summed E-state index contributed by atoms with van der Waals surface area (Å²) in [7, 11) is 12.7. The van der Waals surface area contributed by atoms with E-state index in [4.69, 9.17) is 52.9 Å². The molecule has 0 saturated heterocycles. The lowest BCUT2D eigenvalue weighted by molar-refractivity contribution is 0.352. The third kappa shape index (κ3) is 7.67. The third-order valence-corrected chi connectivity index (χ3v) is 6.13. The molecule has 2 aromatic rings. The Labute approximate surface area is 228 Å². The van der Waals surface area contributed by atoms with E-state index in [1.807, 2.05) is 0 Å². The zero-order valence-corrected chi connectivity index (χ0v) is 23.9. The largest absolute Gasteiger partial charge is 0.497 e. The standard InChI is InChI=1S/C25H32N4O6S2/c1-28(24(36)18-13-16(30-3)9-11-20(18)32-5)26-22(34-7)15-23(35-8)27-29(2)25(37)19-14-17(31-4)10-12-21(19)33-6/h9-14H,15H2,1-8H3/b26-22-,27-23-. The van der Waals surface area contributed by atoms with Gasteiger partial charge in [0, 0.05) is 14.1 Å². The number of nitrogens with zero attached hydrogens (tertiary/aromatic N) is 4. The second kappa shape index (κ2) is 14.2. The molecule has 37 heavy (non-hydrogen) atoms. The minimum atomic E-state index is 0.136. The maximum Gasteiger partial charge on any atom is 0.215 e. The van der Waals surface area contributed by atoms with Crippen LogP contribution in [0.25, 0.3) is 0 Å². The molecule has 200 valence electrons. The van der Waals surface area contributed by atoms with Gasteiger partial charge in [-0.05, 0) is 36.4 Å². The first-order valence-corrected chi connectivity index (χ1v) is 11.8. The molecule has 0 aliphatic heterocycles. The van der Waals surface area contributed by atoms with E-state index in [1.165, 1.54) is 24.2 Å². The topological polar surface area (TPSA) is 86.6 Å². The minimum Gasteiger partial charge on any atom is -0.497 e. The molecule has 0 bridgehead atoms. The van der Waals surface area contributed by atoms with Crippen LogP contribution in [0.4, 0.5) is 0 Å². The maximum atomic E-state index is 5.63. The molecule has 0 aliphatic rings. The fourth-order valence-electron chi connectivity index (χ4n) is 3.16. The van der Waals surface area contributed by atoms with E-state index in [0.29, 0.717) is 55.9 Å². The summed E-state index contributed by atoms with van der Waals surface area (Å²) in [6.07, 6.45) is 0.136. The summed E-state index contributed by atoms with van der Waals surface area (Å²) in [6.45, 7) is 0. The van der Waals surface area contributed by atoms with Gasteiger partial charge >= 0.3 is 0 Å². The molecule has 0 aromatic heterocycles. The van der Waals surface area contributed by atoms with Crippen LogP contribution in [-0.2, 0) is 9.47 Å². The van der Waals surface area contributed by atoms with E-state index in [2.05, 4.69) is 10.2 Å². The van der Waals surface area contributed by atoms with Crippen molar-refractivity contribution in [2.75, 3.05) is 56.8 Å². The molecule has 0 atom stereocenters. The Morgan fingerprint density at radius 3 is 1.32 bits per heavy atom. The lowest BCUT2D eigenvalue weighted by Gasteiger charge is -2.20. The molecule has 0 unspecified atom stereocenters. The predicted octanol–water partition coefficient (Wildman–Crippen LogP) is 3.95. The summed E-state index contributed by atoms with van der Waals surface area (Å²) in [5.74, 6) is 3.09. The van der Waals surface area contributed by atoms with E-state index < -0.39 is 0 Å². The summed E-state index contributed by atoms with van der Waals surface area (Å²) in [5, 5.41) is 12.0. The SMILES string of the molecule is CO/C(C/C(=N/N(C)C(=S)c1cc(OC)ccc1OC)OC)=N\N(C)C(=S)c1cc(OC)ccc1OC. The number of ether oxygens (including phenoxy) is 6. The van der Waals surface area contributed by atoms with Crippen LogP contribution in [0.3, 0.4) is 0 Å². The second-order valence-electron chi connectivity index (χ2n) is 7.36. The average Bonchev–Trinajstić information content (AvgIpc) is 2.94. The van der Waals surface area contributed by atoms with Crippen molar-refractivity contribution < 1.29 is 28.4 Å². The van der Waals surface area contributed by atoms with Crippen molar-refractivity contribution in [1.82, 2.24) is 10.0 Å². The molecular formula is C25H32N4O6S2. The Kier molecular flexibility index (Phi) is 11.3. The van der Waals surface area contributed by atoms with Gasteiger partial charge in [0.1, 0.15) is 39.4 Å². The highest BCUT2D eigenvalue weighted by Gasteiger charge is 2.18. The van der Waals surface area contributed by atoms with E-state index in [1.54, 1.807) is 78.9 Å². The molecule has 0 amide bonds. The van der Waals surface area contributed by atoms with Crippen LogP contribution in [0, 0.1) is 0 Å². The van der Waals surface area contributed by atoms with Gasteiger partial charge in [0.05, 0.1) is 53.8 Å².